The smallest absolute Gasteiger partial charge is 0.411 e. The third-order valence-electron chi connectivity index (χ3n) is 3.78. The van der Waals surface area contributed by atoms with Crippen LogP contribution in [0.1, 0.15) is 15.9 Å². The summed E-state index contributed by atoms with van der Waals surface area (Å²) in [6.07, 6.45) is -0.567. The fraction of sp³-hybridized carbons (Fsp3) is 0.100. The average molecular weight is 334 g/mol. The highest BCUT2D eigenvalue weighted by Gasteiger charge is 2.07. The standard InChI is InChI=1S/C20H18N2O3/c1-21-19(23)17-7-4-8-18(12-17)22-20(24)25-13-14-9-10-15-5-2-3-6-16(15)11-14/h2-12H,13H2,1H3,(H,21,23)(H,22,24). The highest BCUT2D eigenvalue weighted by molar-refractivity contribution is 5.96. The molecule has 2 N–H and O–H groups in total. The van der Waals surface area contributed by atoms with Crippen LogP contribution in [0.2, 0.25) is 0 Å². The Morgan fingerprint density at radius 1 is 0.920 bits per heavy atom. The van der Waals surface area contributed by atoms with E-state index in [0.717, 1.165) is 16.3 Å². The van der Waals surface area contributed by atoms with Crippen molar-refractivity contribution in [3.8, 4) is 0 Å². The van der Waals surface area contributed by atoms with Crippen molar-refractivity contribution in [3.63, 3.8) is 0 Å². The van der Waals surface area contributed by atoms with Gasteiger partial charge < -0.3 is 10.1 Å². The van der Waals surface area contributed by atoms with Gasteiger partial charge in [0.25, 0.3) is 5.91 Å². The Morgan fingerprint density at radius 3 is 2.52 bits per heavy atom. The van der Waals surface area contributed by atoms with E-state index in [1.165, 1.54) is 0 Å². The third-order valence-corrected chi connectivity index (χ3v) is 3.78. The summed E-state index contributed by atoms with van der Waals surface area (Å²) in [6, 6.07) is 20.6. The van der Waals surface area contributed by atoms with Crippen molar-refractivity contribution in [2.45, 2.75) is 6.61 Å². The topological polar surface area (TPSA) is 67.4 Å². The summed E-state index contributed by atoms with van der Waals surface area (Å²) in [4.78, 5) is 23.6. The number of hydrogen-bond donors (Lipinski definition) is 2. The van der Waals surface area contributed by atoms with Crippen molar-refractivity contribution in [1.82, 2.24) is 5.32 Å². The Hall–Kier alpha value is -3.34. The zero-order valence-electron chi connectivity index (χ0n) is 13.8. The van der Waals surface area contributed by atoms with E-state index in [2.05, 4.69) is 10.6 Å². The van der Waals surface area contributed by atoms with Crippen LogP contribution in [0.4, 0.5) is 10.5 Å². The van der Waals surface area contributed by atoms with Crippen molar-refractivity contribution < 1.29 is 14.3 Å². The monoisotopic (exact) mass is 334 g/mol. The molecule has 0 heterocycles. The van der Waals surface area contributed by atoms with Gasteiger partial charge in [0, 0.05) is 18.3 Å². The van der Waals surface area contributed by atoms with Gasteiger partial charge in [-0.15, -0.1) is 0 Å². The van der Waals surface area contributed by atoms with Crippen molar-refractivity contribution in [1.29, 1.82) is 0 Å². The van der Waals surface area contributed by atoms with Crippen LogP contribution in [0.5, 0.6) is 0 Å². The molecule has 0 saturated carbocycles. The fourth-order valence-electron chi connectivity index (χ4n) is 2.51. The molecule has 0 aromatic heterocycles. The number of carbonyl (C=O) groups excluding carboxylic acids is 2. The van der Waals surface area contributed by atoms with Gasteiger partial charge >= 0.3 is 6.09 Å². The van der Waals surface area contributed by atoms with E-state index in [1.807, 2.05) is 42.5 Å². The lowest BCUT2D eigenvalue weighted by molar-refractivity contribution is 0.0963. The number of amides is 2. The largest absolute Gasteiger partial charge is 0.444 e. The Balaban J connectivity index is 1.61. The van der Waals surface area contributed by atoms with E-state index < -0.39 is 6.09 Å². The molecule has 0 spiro atoms. The minimum atomic E-state index is -0.567. The predicted octanol–water partition coefficient (Wildman–Crippen LogP) is 3.95. The first-order chi connectivity index (χ1) is 12.2. The third kappa shape index (κ3) is 4.14. The van der Waals surface area contributed by atoms with E-state index in [4.69, 9.17) is 4.74 Å². The van der Waals surface area contributed by atoms with E-state index >= 15 is 0 Å². The molecule has 126 valence electrons. The number of carbonyl (C=O) groups is 2. The summed E-state index contributed by atoms with van der Waals surface area (Å²) in [5.41, 5.74) is 1.88. The van der Waals surface area contributed by atoms with Gasteiger partial charge in [0.1, 0.15) is 6.61 Å². The molecule has 3 rings (SSSR count). The lowest BCUT2D eigenvalue weighted by atomic mass is 10.1. The molecule has 2 amide bonds. The van der Waals surface area contributed by atoms with Gasteiger partial charge in [-0.05, 0) is 40.6 Å². The minimum absolute atomic E-state index is 0.172. The van der Waals surface area contributed by atoms with Crippen LogP contribution in [0.15, 0.2) is 66.7 Å². The molecule has 0 aliphatic carbocycles. The first-order valence-corrected chi connectivity index (χ1v) is 7.89. The molecule has 0 aliphatic rings. The van der Waals surface area contributed by atoms with E-state index in [1.54, 1.807) is 31.3 Å². The average Bonchev–Trinajstić information content (AvgIpc) is 2.65. The molecule has 0 atom stereocenters. The number of fused-ring (bicyclic) bond motifs is 1. The van der Waals surface area contributed by atoms with Crippen molar-refractivity contribution in [2.75, 3.05) is 12.4 Å². The number of ether oxygens (including phenoxy) is 1. The van der Waals surface area contributed by atoms with Gasteiger partial charge in [-0.3, -0.25) is 10.1 Å². The summed E-state index contributed by atoms with van der Waals surface area (Å²) in [7, 11) is 1.56. The van der Waals surface area contributed by atoms with Crippen LogP contribution in [0, 0.1) is 0 Å². The van der Waals surface area contributed by atoms with Crippen molar-refractivity contribution >= 4 is 28.5 Å². The van der Waals surface area contributed by atoms with Crippen LogP contribution >= 0.6 is 0 Å². The van der Waals surface area contributed by atoms with Gasteiger partial charge in [0.2, 0.25) is 0 Å². The Morgan fingerprint density at radius 2 is 1.72 bits per heavy atom. The van der Waals surface area contributed by atoms with Crippen LogP contribution in [-0.2, 0) is 11.3 Å². The van der Waals surface area contributed by atoms with Crippen LogP contribution in [0.3, 0.4) is 0 Å². The molecule has 3 aromatic rings. The maximum Gasteiger partial charge on any atom is 0.411 e. The second-order valence-corrected chi connectivity index (χ2v) is 5.54. The molecule has 25 heavy (non-hydrogen) atoms. The number of rotatable bonds is 4. The second kappa shape index (κ2) is 7.49. The lowest BCUT2D eigenvalue weighted by Gasteiger charge is -2.09. The van der Waals surface area contributed by atoms with Crippen molar-refractivity contribution in [3.05, 3.63) is 77.9 Å². The van der Waals surface area contributed by atoms with Gasteiger partial charge in [-0.25, -0.2) is 4.79 Å². The quantitative estimate of drug-likeness (QED) is 0.759. The van der Waals surface area contributed by atoms with Crippen LogP contribution < -0.4 is 10.6 Å². The Labute approximate surface area is 145 Å². The molecule has 0 fully saturated rings. The van der Waals surface area contributed by atoms with Gasteiger partial charge in [0.05, 0.1) is 0 Å². The Kier molecular flexibility index (Phi) is 4.95. The first-order valence-electron chi connectivity index (χ1n) is 7.89. The summed E-state index contributed by atoms with van der Waals surface area (Å²) >= 11 is 0. The molecular formula is C20H18N2O3. The van der Waals surface area contributed by atoms with Crippen LogP contribution in [0.25, 0.3) is 10.8 Å². The fourth-order valence-corrected chi connectivity index (χ4v) is 2.51. The normalized spacial score (nSPS) is 10.3. The summed E-state index contributed by atoms with van der Waals surface area (Å²) in [5.74, 6) is -0.215. The lowest BCUT2D eigenvalue weighted by Crippen LogP contribution is -2.18. The zero-order chi connectivity index (χ0) is 17.6. The number of hydrogen-bond acceptors (Lipinski definition) is 3. The molecule has 0 saturated heterocycles. The van der Waals surface area contributed by atoms with E-state index in [-0.39, 0.29) is 12.5 Å². The number of nitrogens with one attached hydrogen (secondary N) is 2. The number of anilines is 1. The molecule has 0 radical (unpaired) electrons. The van der Waals surface area contributed by atoms with Gasteiger partial charge in [-0.1, -0.05) is 42.5 Å². The SMILES string of the molecule is CNC(=O)c1cccc(NC(=O)OCc2ccc3ccccc3c2)c1. The molecule has 5 nitrogen and oxygen atoms in total. The molecular weight excluding hydrogens is 316 g/mol. The highest BCUT2D eigenvalue weighted by Crippen LogP contribution is 2.16. The van der Waals surface area contributed by atoms with Crippen LogP contribution in [-0.4, -0.2) is 19.0 Å². The molecule has 0 aliphatic heterocycles. The molecule has 5 heteroatoms. The molecule has 0 unspecified atom stereocenters. The van der Waals surface area contributed by atoms with E-state index in [9.17, 15) is 9.59 Å². The van der Waals surface area contributed by atoms with Gasteiger partial charge in [-0.2, -0.15) is 0 Å². The zero-order valence-corrected chi connectivity index (χ0v) is 13.8. The predicted molar refractivity (Wildman–Crippen MR) is 97.6 cm³/mol. The minimum Gasteiger partial charge on any atom is -0.444 e. The first kappa shape index (κ1) is 16.5. The summed E-state index contributed by atoms with van der Waals surface area (Å²) in [6.45, 7) is 0.172. The maximum absolute atomic E-state index is 12.0. The summed E-state index contributed by atoms with van der Waals surface area (Å²) in [5, 5.41) is 7.41. The second-order valence-electron chi connectivity index (χ2n) is 5.54. The molecule has 0 bridgehead atoms. The number of benzene rings is 3. The van der Waals surface area contributed by atoms with E-state index in [0.29, 0.717) is 11.3 Å². The van der Waals surface area contributed by atoms with Crippen molar-refractivity contribution in [2.24, 2.45) is 0 Å². The molecule has 3 aromatic carbocycles. The summed E-state index contributed by atoms with van der Waals surface area (Å²) < 4.78 is 5.26. The highest BCUT2D eigenvalue weighted by atomic mass is 16.5. The maximum atomic E-state index is 12.0. The van der Waals surface area contributed by atoms with Gasteiger partial charge in [0.15, 0.2) is 0 Å². The Bertz CT molecular complexity index is 921.